The first-order valence-corrected chi connectivity index (χ1v) is 10.8. The zero-order valence-electron chi connectivity index (χ0n) is 15.7. The highest BCUT2D eigenvalue weighted by atomic mass is 32.2. The number of rotatable bonds is 5. The molecule has 0 saturated heterocycles. The van der Waals surface area contributed by atoms with Crippen molar-refractivity contribution in [1.82, 2.24) is 5.32 Å². The molecule has 2 atom stereocenters. The number of carbonyl (C=O) groups is 1. The molecule has 3 rings (SSSR count). The molecule has 2 aromatic rings. The lowest BCUT2D eigenvalue weighted by molar-refractivity contribution is 0.0910. The van der Waals surface area contributed by atoms with Gasteiger partial charge in [0.25, 0.3) is 15.9 Å². The molecular formula is C21H26N2O3S. The standard InChI is InChI=1S/C21H26N2O3S/c1-15-10-12-18(13-11-15)23-27(25,26)19-8-5-7-17(14-19)21(24)22-20-9-4-3-6-16(20)2/h5,7-8,10-14,16,20,23H,3-4,6,9H2,1-2H3,(H,22,24). The minimum atomic E-state index is -3.76. The van der Waals surface area contributed by atoms with E-state index in [4.69, 9.17) is 0 Å². The molecule has 5 nitrogen and oxygen atoms in total. The molecule has 0 bridgehead atoms. The Labute approximate surface area is 161 Å². The molecule has 0 aromatic heterocycles. The normalized spacial score (nSPS) is 20.1. The molecule has 0 aliphatic heterocycles. The fourth-order valence-corrected chi connectivity index (χ4v) is 4.53. The van der Waals surface area contributed by atoms with E-state index in [9.17, 15) is 13.2 Å². The second-order valence-electron chi connectivity index (χ2n) is 7.34. The van der Waals surface area contributed by atoms with E-state index in [-0.39, 0.29) is 16.8 Å². The smallest absolute Gasteiger partial charge is 0.261 e. The maximum Gasteiger partial charge on any atom is 0.261 e. The van der Waals surface area contributed by atoms with Gasteiger partial charge in [0, 0.05) is 17.3 Å². The summed E-state index contributed by atoms with van der Waals surface area (Å²) in [5.41, 5.74) is 1.90. The summed E-state index contributed by atoms with van der Waals surface area (Å²) in [6, 6.07) is 13.4. The number of anilines is 1. The molecule has 27 heavy (non-hydrogen) atoms. The molecule has 6 heteroatoms. The summed E-state index contributed by atoms with van der Waals surface area (Å²) in [6.45, 7) is 4.09. The van der Waals surface area contributed by atoms with Crippen LogP contribution in [-0.4, -0.2) is 20.4 Å². The molecule has 1 aliphatic rings. The first-order valence-electron chi connectivity index (χ1n) is 9.35. The molecule has 144 valence electrons. The Balaban J connectivity index is 1.75. The molecule has 2 unspecified atom stereocenters. The van der Waals surface area contributed by atoms with E-state index in [2.05, 4.69) is 17.0 Å². The molecule has 2 N–H and O–H groups in total. The predicted molar refractivity (Wildman–Crippen MR) is 107 cm³/mol. The van der Waals surface area contributed by atoms with Crippen molar-refractivity contribution in [2.75, 3.05) is 4.72 Å². The number of benzene rings is 2. The molecule has 1 aliphatic carbocycles. The van der Waals surface area contributed by atoms with Crippen molar-refractivity contribution in [2.24, 2.45) is 5.92 Å². The SMILES string of the molecule is Cc1ccc(NS(=O)(=O)c2cccc(C(=O)NC3CCCCC3C)c2)cc1. The first-order chi connectivity index (χ1) is 12.8. The lowest BCUT2D eigenvalue weighted by Gasteiger charge is -2.29. The van der Waals surface area contributed by atoms with Crippen molar-refractivity contribution < 1.29 is 13.2 Å². The second-order valence-corrected chi connectivity index (χ2v) is 9.02. The number of hydrogen-bond acceptors (Lipinski definition) is 3. The maximum atomic E-state index is 12.7. The number of aryl methyl sites for hydroxylation is 1. The Hall–Kier alpha value is -2.34. The topological polar surface area (TPSA) is 75.3 Å². The fourth-order valence-electron chi connectivity index (χ4n) is 3.42. The van der Waals surface area contributed by atoms with Gasteiger partial charge in [0.1, 0.15) is 0 Å². The van der Waals surface area contributed by atoms with Crippen LogP contribution >= 0.6 is 0 Å². The van der Waals surface area contributed by atoms with Crippen LogP contribution < -0.4 is 10.0 Å². The number of amides is 1. The average Bonchev–Trinajstić information content (AvgIpc) is 2.65. The van der Waals surface area contributed by atoms with Crippen molar-refractivity contribution in [3.63, 3.8) is 0 Å². The molecular weight excluding hydrogens is 360 g/mol. The molecule has 1 amide bonds. The second kappa shape index (κ2) is 8.13. The summed E-state index contributed by atoms with van der Waals surface area (Å²) in [6.07, 6.45) is 4.40. The van der Waals surface area contributed by atoms with E-state index in [1.54, 1.807) is 24.3 Å². The Kier molecular flexibility index (Phi) is 5.85. The van der Waals surface area contributed by atoms with Crippen LogP contribution in [0.2, 0.25) is 0 Å². The Morgan fingerprint density at radius 2 is 1.74 bits per heavy atom. The molecule has 1 fully saturated rings. The van der Waals surface area contributed by atoms with Gasteiger partial charge in [0.05, 0.1) is 4.90 Å². The van der Waals surface area contributed by atoms with Crippen molar-refractivity contribution >= 4 is 21.6 Å². The van der Waals surface area contributed by atoms with Crippen LogP contribution in [0.5, 0.6) is 0 Å². The molecule has 0 heterocycles. The van der Waals surface area contributed by atoms with E-state index in [0.717, 1.165) is 24.8 Å². The van der Waals surface area contributed by atoms with E-state index in [1.165, 1.54) is 18.6 Å². The van der Waals surface area contributed by atoms with Crippen molar-refractivity contribution in [3.8, 4) is 0 Å². The van der Waals surface area contributed by atoms with Crippen LogP contribution in [0.15, 0.2) is 53.4 Å². The van der Waals surface area contributed by atoms with E-state index >= 15 is 0 Å². The highest BCUT2D eigenvalue weighted by Crippen LogP contribution is 2.24. The molecule has 1 saturated carbocycles. The average molecular weight is 387 g/mol. The Bertz CT molecular complexity index is 907. The van der Waals surface area contributed by atoms with Crippen molar-refractivity contribution in [3.05, 3.63) is 59.7 Å². The first kappa shape index (κ1) is 19.4. The minimum Gasteiger partial charge on any atom is -0.349 e. The quantitative estimate of drug-likeness (QED) is 0.812. The highest BCUT2D eigenvalue weighted by Gasteiger charge is 2.24. The van der Waals surface area contributed by atoms with Gasteiger partial charge in [0.2, 0.25) is 0 Å². The summed E-state index contributed by atoms with van der Waals surface area (Å²) in [4.78, 5) is 12.7. The highest BCUT2D eigenvalue weighted by molar-refractivity contribution is 7.92. The van der Waals surface area contributed by atoms with Crippen LogP contribution in [0.4, 0.5) is 5.69 Å². The van der Waals surface area contributed by atoms with Crippen LogP contribution in [0.3, 0.4) is 0 Å². The van der Waals surface area contributed by atoms with Crippen LogP contribution in [0.1, 0.15) is 48.5 Å². The number of carbonyl (C=O) groups excluding carboxylic acids is 1. The molecule has 2 aromatic carbocycles. The van der Waals surface area contributed by atoms with Gasteiger partial charge in [-0.1, -0.05) is 43.5 Å². The lowest BCUT2D eigenvalue weighted by atomic mass is 9.86. The third-order valence-corrected chi connectivity index (χ3v) is 6.52. The van der Waals surface area contributed by atoms with E-state index < -0.39 is 10.0 Å². The van der Waals surface area contributed by atoms with Gasteiger partial charge in [-0.05, 0) is 56.0 Å². The number of nitrogens with one attached hydrogen (secondary N) is 2. The van der Waals surface area contributed by atoms with Gasteiger partial charge in [-0.2, -0.15) is 0 Å². The Morgan fingerprint density at radius 3 is 2.44 bits per heavy atom. The summed E-state index contributed by atoms with van der Waals surface area (Å²) in [7, 11) is -3.76. The van der Waals surface area contributed by atoms with Gasteiger partial charge in [-0.15, -0.1) is 0 Å². The van der Waals surface area contributed by atoms with Crippen molar-refractivity contribution in [1.29, 1.82) is 0 Å². The number of sulfonamides is 1. The monoisotopic (exact) mass is 386 g/mol. The zero-order chi connectivity index (χ0) is 19.4. The van der Waals surface area contributed by atoms with Gasteiger partial charge in [0.15, 0.2) is 0 Å². The van der Waals surface area contributed by atoms with Gasteiger partial charge >= 0.3 is 0 Å². The van der Waals surface area contributed by atoms with Crippen LogP contribution in [0.25, 0.3) is 0 Å². The van der Waals surface area contributed by atoms with Crippen LogP contribution in [0, 0.1) is 12.8 Å². The van der Waals surface area contributed by atoms with E-state index in [1.807, 2.05) is 19.1 Å². The lowest BCUT2D eigenvalue weighted by Crippen LogP contribution is -2.41. The van der Waals surface area contributed by atoms with E-state index in [0.29, 0.717) is 17.2 Å². The van der Waals surface area contributed by atoms with Crippen molar-refractivity contribution in [2.45, 2.75) is 50.5 Å². The zero-order valence-corrected chi connectivity index (χ0v) is 16.6. The number of hydrogen-bond donors (Lipinski definition) is 2. The summed E-state index contributed by atoms with van der Waals surface area (Å²) in [5, 5.41) is 3.07. The summed E-state index contributed by atoms with van der Waals surface area (Å²) >= 11 is 0. The van der Waals surface area contributed by atoms with Crippen LogP contribution in [-0.2, 0) is 10.0 Å². The van der Waals surface area contributed by atoms with Gasteiger partial charge in [-0.25, -0.2) is 8.42 Å². The molecule has 0 spiro atoms. The third kappa shape index (κ3) is 4.89. The third-order valence-electron chi connectivity index (χ3n) is 5.14. The largest absolute Gasteiger partial charge is 0.349 e. The predicted octanol–water partition coefficient (Wildman–Crippen LogP) is 4.10. The Morgan fingerprint density at radius 1 is 1.04 bits per heavy atom. The molecule has 0 radical (unpaired) electrons. The minimum absolute atomic E-state index is 0.0763. The fraction of sp³-hybridized carbons (Fsp3) is 0.381. The maximum absolute atomic E-state index is 12.7. The van der Waals surface area contributed by atoms with Gasteiger partial charge in [-0.3, -0.25) is 9.52 Å². The summed E-state index contributed by atoms with van der Waals surface area (Å²) in [5.74, 6) is 0.221. The van der Waals surface area contributed by atoms with Gasteiger partial charge < -0.3 is 5.32 Å². The summed E-state index contributed by atoms with van der Waals surface area (Å²) < 4.78 is 27.9.